The van der Waals surface area contributed by atoms with E-state index in [4.69, 9.17) is 0 Å². The Labute approximate surface area is 98.6 Å². The molecule has 1 nitrogen and oxygen atoms in total. The summed E-state index contributed by atoms with van der Waals surface area (Å²) in [5.74, 6) is 0.503. The molecule has 2 fully saturated rings. The number of hydrogen-bond donors (Lipinski definition) is 0. The highest BCUT2D eigenvalue weighted by atomic mass is 16.1. The molecule has 0 aromatic heterocycles. The fourth-order valence-corrected chi connectivity index (χ4v) is 3.84. The lowest BCUT2D eigenvalue weighted by Crippen LogP contribution is -2.37. The van der Waals surface area contributed by atoms with Gasteiger partial charge in [-0.3, -0.25) is 4.79 Å². The van der Waals surface area contributed by atoms with Gasteiger partial charge in [-0.2, -0.15) is 0 Å². The van der Waals surface area contributed by atoms with E-state index in [9.17, 15) is 4.79 Å². The van der Waals surface area contributed by atoms with Crippen molar-refractivity contribution < 1.29 is 4.79 Å². The van der Waals surface area contributed by atoms with Crippen molar-refractivity contribution in [1.82, 2.24) is 0 Å². The van der Waals surface area contributed by atoms with Gasteiger partial charge in [0.05, 0.1) is 0 Å². The summed E-state index contributed by atoms with van der Waals surface area (Å²) in [6.07, 6.45) is 10.8. The Morgan fingerprint density at radius 3 is 2.56 bits per heavy atom. The molecule has 0 saturated heterocycles. The van der Waals surface area contributed by atoms with E-state index < -0.39 is 0 Å². The Kier molecular flexibility index (Phi) is 3.32. The van der Waals surface area contributed by atoms with Crippen LogP contribution in [0.25, 0.3) is 0 Å². The first kappa shape index (κ1) is 11.6. The molecule has 1 unspecified atom stereocenters. The lowest BCUT2D eigenvalue weighted by atomic mass is 9.61. The van der Waals surface area contributed by atoms with Gasteiger partial charge in [0.1, 0.15) is 5.78 Å². The molecule has 0 heterocycles. The minimum Gasteiger partial charge on any atom is -0.299 e. The Morgan fingerprint density at radius 2 is 1.94 bits per heavy atom. The van der Waals surface area contributed by atoms with Gasteiger partial charge in [0.25, 0.3) is 0 Å². The van der Waals surface area contributed by atoms with Crippen LogP contribution in [0.3, 0.4) is 0 Å². The van der Waals surface area contributed by atoms with E-state index in [1.165, 1.54) is 44.1 Å². The predicted octanol–water partition coefficient (Wildman–Crippen LogP) is 4.05. The first-order valence-electron chi connectivity index (χ1n) is 6.51. The van der Waals surface area contributed by atoms with Crippen molar-refractivity contribution in [2.24, 2.45) is 11.3 Å². The zero-order valence-electron chi connectivity index (χ0n) is 10.1. The largest absolute Gasteiger partial charge is 0.299 e. The summed E-state index contributed by atoms with van der Waals surface area (Å²) >= 11 is 0. The summed E-state index contributed by atoms with van der Waals surface area (Å²) < 4.78 is 0. The van der Waals surface area contributed by atoms with Crippen molar-refractivity contribution in [3.05, 3.63) is 24.8 Å². The maximum atomic E-state index is 12.2. The summed E-state index contributed by atoms with van der Waals surface area (Å²) in [5, 5.41) is 0. The molecule has 0 N–H and O–H groups in total. The van der Waals surface area contributed by atoms with Crippen molar-refractivity contribution in [1.29, 1.82) is 0 Å². The van der Waals surface area contributed by atoms with Crippen molar-refractivity contribution in [2.45, 2.75) is 51.4 Å². The monoisotopic (exact) mass is 218 g/mol. The number of carbonyl (C=O) groups is 1. The molecule has 0 radical (unpaired) electrons. The molecule has 1 heteroatoms. The highest BCUT2D eigenvalue weighted by Gasteiger charge is 2.46. The lowest BCUT2D eigenvalue weighted by molar-refractivity contribution is -0.125. The molecule has 0 aliphatic heterocycles. The zero-order chi connectivity index (χ0) is 11.6. The first-order chi connectivity index (χ1) is 7.69. The molecule has 0 bridgehead atoms. The number of hydrogen-bond acceptors (Lipinski definition) is 1. The molecule has 1 spiro atoms. The minimum absolute atomic E-state index is 0.141. The highest BCUT2D eigenvalue weighted by molar-refractivity contribution is 5.85. The summed E-state index contributed by atoms with van der Waals surface area (Å²) in [4.78, 5) is 12.2. The van der Waals surface area contributed by atoms with Crippen LogP contribution in [-0.2, 0) is 4.79 Å². The van der Waals surface area contributed by atoms with Crippen LogP contribution in [0.1, 0.15) is 51.4 Å². The predicted molar refractivity (Wildman–Crippen MR) is 67.2 cm³/mol. The van der Waals surface area contributed by atoms with Crippen LogP contribution in [0.2, 0.25) is 0 Å². The number of ketones is 1. The second-order valence-electron chi connectivity index (χ2n) is 5.47. The van der Waals surface area contributed by atoms with Crippen molar-refractivity contribution in [3.8, 4) is 0 Å². The van der Waals surface area contributed by atoms with Crippen LogP contribution in [0.15, 0.2) is 24.8 Å². The average molecular weight is 218 g/mol. The van der Waals surface area contributed by atoms with Crippen LogP contribution in [0.5, 0.6) is 0 Å². The summed E-state index contributed by atoms with van der Waals surface area (Å²) in [5.41, 5.74) is 1.48. The Hall–Kier alpha value is -0.850. The molecule has 2 saturated carbocycles. The van der Waals surface area contributed by atoms with Gasteiger partial charge in [-0.25, -0.2) is 0 Å². The van der Waals surface area contributed by atoms with Gasteiger partial charge < -0.3 is 0 Å². The van der Waals surface area contributed by atoms with Crippen LogP contribution in [-0.4, -0.2) is 5.78 Å². The number of rotatable bonds is 3. The van der Waals surface area contributed by atoms with Crippen molar-refractivity contribution in [2.75, 3.05) is 0 Å². The standard InChI is InChI=1S/C15H22O/c1-3-7-13(16)14-12(2)8-6-11-15(14)9-4-5-10-15/h3,14H,1-2,4-11H2. The second kappa shape index (κ2) is 4.57. The fourth-order valence-electron chi connectivity index (χ4n) is 3.84. The molecule has 2 aliphatic rings. The average Bonchev–Trinajstić information content (AvgIpc) is 2.67. The molecular weight excluding hydrogens is 196 g/mol. The van der Waals surface area contributed by atoms with E-state index >= 15 is 0 Å². The SMILES string of the molecule is C=CCC(=O)C1C(=C)CCCC12CCCC2. The van der Waals surface area contributed by atoms with E-state index in [1.807, 2.05) is 0 Å². The maximum absolute atomic E-state index is 12.2. The van der Waals surface area contributed by atoms with Gasteiger partial charge in [0.15, 0.2) is 0 Å². The minimum atomic E-state index is 0.141. The normalized spacial score (nSPS) is 28.2. The Morgan fingerprint density at radius 1 is 1.31 bits per heavy atom. The number of Topliss-reactive ketones (excluding diaryl/α,β-unsaturated/α-hetero) is 1. The van der Waals surface area contributed by atoms with Crippen LogP contribution in [0, 0.1) is 11.3 Å². The van der Waals surface area contributed by atoms with E-state index in [0.29, 0.717) is 12.2 Å². The van der Waals surface area contributed by atoms with E-state index in [0.717, 1.165) is 6.42 Å². The van der Waals surface area contributed by atoms with Gasteiger partial charge in [-0.05, 0) is 37.5 Å². The smallest absolute Gasteiger partial charge is 0.144 e. The molecule has 16 heavy (non-hydrogen) atoms. The molecule has 0 amide bonds. The molecule has 2 rings (SSSR count). The van der Waals surface area contributed by atoms with E-state index in [-0.39, 0.29) is 11.3 Å². The first-order valence-corrected chi connectivity index (χ1v) is 6.51. The third kappa shape index (κ3) is 1.88. The van der Waals surface area contributed by atoms with Crippen LogP contribution >= 0.6 is 0 Å². The van der Waals surface area contributed by atoms with Gasteiger partial charge in [0, 0.05) is 12.3 Å². The Balaban J connectivity index is 2.23. The second-order valence-corrected chi connectivity index (χ2v) is 5.47. The molecule has 88 valence electrons. The summed E-state index contributed by atoms with van der Waals surface area (Å²) in [7, 11) is 0. The third-order valence-corrected chi connectivity index (χ3v) is 4.46. The molecule has 0 aromatic rings. The number of carbonyl (C=O) groups excluding carboxylic acids is 1. The highest BCUT2D eigenvalue weighted by Crippen LogP contribution is 2.54. The lowest BCUT2D eigenvalue weighted by Gasteiger charge is -2.42. The van der Waals surface area contributed by atoms with Crippen LogP contribution < -0.4 is 0 Å². The van der Waals surface area contributed by atoms with Crippen molar-refractivity contribution in [3.63, 3.8) is 0 Å². The van der Waals surface area contributed by atoms with Gasteiger partial charge in [-0.15, -0.1) is 6.58 Å². The topological polar surface area (TPSA) is 17.1 Å². The fraction of sp³-hybridized carbons (Fsp3) is 0.667. The summed E-state index contributed by atoms with van der Waals surface area (Å²) in [6, 6.07) is 0. The Bertz CT molecular complexity index is 307. The number of allylic oxidation sites excluding steroid dienone is 2. The summed E-state index contributed by atoms with van der Waals surface area (Å²) in [6.45, 7) is 7.85. The van der Waals surface area contributed by atoms with E-state index in [1.54, 1.807) is 6.08 Å². The van der Waals surface area contributed by atoms with Gasteiger partial charge in [0.2, 0.25) is 0 Å². The molecule has 1 atom stereocenters. The zero-order valence-corrected chi connectivity index (χ0v) is 10.1. The maximum Gasteiger partial charge on any atom is 0.144 e. The van der Waals surface area contributed by atoms with Crippen molar-refractivity contribution >= 4 is 5.78 Å². The molecule has 0 aromatic carbocycles. The molecule has 2 aliphatic carbocycles. The van der Waals surface area contributed by atoms with E-state index in [2.05, 4.69) is 13.2 Å². The van der Waals surface area contributed by atoms with Gasteiger partial charge in [-0.1, -0.05) is 31.1 Å². The molecular formula is C15H22O. The third-order valence-electron chi connectivity index (χ3n) is 4.46. The van der Waals surface area contributed by atoms with Gasteiger partial charge >= 0.3 is 0 Å². The van der Waals surface area contributed by atoms with Crippen LogP contribution in [0.4, 0.5) is 0 Å². The quantitative estimate of drug-likeness (QED) is 0.653.